The van der Waals surface area contributed by atoms with E-state index in [1.807, 2.05) is 18.2 Å². The molecule has 0 saturated carbocycles. The second kappa shape index (κ2) is 7.75. The van der Waals surface area contributed by atoms with Crippen molar-refractivity contribution in [3.8, 4) is 0 Å². The second-order valence-corrected chi connectivity index (χ2v) is 4.84. The van der Waals surface area contributed by atoms with E-state index in [0.29, 0.717) is 13.1 Å². The summed E-state index contributed by atoms with van der Waals surface area (Å²) in [5.74, 6) is -1.12. The second-order valence-electron chi connectivity index (χ2n) is 4.84. The fourth-order valence-electron chi connectivity index (χ4n) is 2.29. The zero-order chi connectivity index (χ0) is 15.1. The van der Waals surface area contributed by atoms with E-state index < -0.39 is 11.8 Å². The molecule has 6 heteroatoms. The van der Waals surface area contributed by atoms with Crippen LogP contribution in [0.1, 0.15) is 11.1 Å². The van der Waals surface area contributed by atoms with Gasteiger partial charge in [0.05, 0.1) is 19.8 Å². The van der Waals surface area contributed by atoms with Crippen molar-refractivity contribution in [2.24, 2.45) is 0 Å². The minimum Gasteiger partial charge on any atom is -0.394 e. The number of aliphatic hydroxyl groups excluding tert-OH is 1. The summed E-state index contributed by atoms with van der Waals surface area (Å²) < 4.78 is 5.02. The van der Waals surface area contributed by atoms with Crippen molar-refractivity contribution in [3.63, 3.8) is 0 Å². The summed E-state index contributed by atoms with van der Waals surface area (Å²) in [6, 6.07) is 7.95. The zero-order valence-electron chi connectivity index (χ0n) is 11.9. The quantitative estimate of drug-likeness (QED) is 0.577. The minimum absolute atomic E-state index is 0.0555. The number of benzene rings is 1. The average Bonchev–Trinajstić information content (AvgIpc) is 2.53. The molecule has 1 aliphatic heterocycles. The van der Waals surface area contributed by atoms with E-state index in [2.05, 4.69) is 11.4 Å². The highest BCUT2D eigenvalue weighted by atomic mass is 16.5. The van der Waals surface area contributed by atoms with Gasteiger partial charge in [-0.25, -0.2) is 0 Å². The topological polar surface area (TPSA) is 78.9 Å². The summed E-state index contributed by atoms with van der Waals surface area (Å²) >= 11 is 0. The van der Waals surface area contributed by atoms with E-state index in [-0.39, 0.29) is 26.4 Å². The fourth-order valence-corrected chi connectivity index (χ4v) is 2.29. The average molecular weight is 292 g/mol. The highest BCUT2D eigenvalue weighted by molar-refractivity contribution is 6.35. The Hall–Kier alpha value is -1.92. The van der Waals surface area contributed by atoms with Gasteiger partial charge in [0.2, 0.25) is 0 Å². The maximum absolute atomic E-state index is 12.1. The molecule has 0 aromatic heterocycles. The number of carbonyl (C=O) groups is 2. The number of rotatable bonds is 5. The van der Waals surface area contributed by atoms with Crippen molar-refractivity contribution in [1.29, 1.82) is 0 Å². The van der Waals surface area contributed by atoms with Crippen LogP contribution >= 0.6 is 0 Å². The standard InChI is InChI=1S/C15H20N2O4/c18-8-10-21-9-6-16-14(19)15(20)17-7-5-12-3-1-2-4-13(12)11-17/h1-4,18H,5-11H2,(H,16,19). The molecule has 1 heterocycles. The summed E-state index contributed by atoms with van der Waals surface area (Å²) in [4.78, 5) is 25.4. The Balaban J connectivity index is 1.80. The molecular weight excluding hydrogens is 272 g/mol. The Morgan fingerprint density at radius 2 is 2.00 bits per heavy atom. The zero-order valence-corrected chi connectivity index (χ0v) is 11.9. The van der Waals surface area contributed by atoms with Crippen LogP contribution in [0.5, 0.6) is 0 Å². The Morgan fingerprint density at radius 1 is 1.24 bits per heavy atom. The molecule has 1 aromatic rings. The molecule has 0 fully saturated rings. The van der Waals surface area contributed by atoms with Gasteiger partial charge in [-0.2, -0.15) is 0 Å². The maximum atomic E-state index is 12.1. The van der Waals surface area contributed by atoms with Gasteiger partial charge in [-0.15, -0.1) is 0 Å². The van der Waals surface area contributed by atoms with Crippen molar-refractivity contribution in [1.82, 2.24) is 10.2 Å². The summed E-state index contributed by atoms with van der Waals surface area (Å²) in [5, 5.41) is 11.1. The maximum Gasteiger partial charge on any atom is 0.312 e. The molecular formula is C15H20N2O4. The first-order chi connectivity index (χ1) is 10.2. The lowest BCUT2D eigenvalue weighted by molar-refractivity contribution is -0.146. The number of nitrogens with one attached hydrogen (secondary N) is 1. The summed E-state index contributed by atoms with van der Waals surface area (Å²) in [6.07, 6.45) is 0.773. The molecule has 0 aliphatic carbocycles. The number of carbonyl (C=O) groups excluding carboxylic acids is 2. The first kappa shape index (κ1) is 15.5. The third-order valence-corrected chi connectivity index (χ3v) is 3.38. The van der Waals surface area contributed by atoms with Crippen LogP contribution in [0.25, 0.3) is 0 Å². The first-order valence-electron chi connectivity index (χ1n) is 7.05. The van der Waals surface area contributed by atoms with Gasteiger partial charge in [0.25, 0.3) is 0 Å². The van der Waals surface area contributed by atoms with E-state index in [1.54, 1.807) is 4.90 Å². The SMILES string of the molecule is O=C(NCCOCCO)C(=O)N1CCc2ccccc2C1. The van der Waals surface area contributed by atoms with Crippen molar-refractivity contribution in [2.75, 3.05) is 32.9 Å². The molecule has 0 atom stereocenters. The van der Waals surface area contributed by atoms with Gasteiger partial charge in [-0.05, 0) is 17.5 Å². The van der Waals surface area contributed by atoms with Gasteiger partial charge in [-0.1, -0.05) is 24.3 Å². The molecule has 1 aromatic carbocycles. The van der Waals surface area contributed by atoms with Crippen molar-refractivity contribution >= 4 is 11.8 Å². The van der Waals surface area contributed by atoms with E-state index in [1.165, 1.54) is 5.56 Å². The normalized spacial score (nSPS) is 13.7. The number of amides is 2. The molecule has 0 radical (unpaired) electrons. The van der Waals surface area contributed by atoms with Crippen LogP contribution in [-0.2, 0) is 27.3 Å². The third kappa shape index (κ3) is 4.27. The molecule has 0 unspecified atom stereocenters. The highest BCUT2D eigenvalue weighted by Gasteiger charge is 2.25. The molecule has 6 nitrogen and oxygen atoms in total. The van der Waals surface area contributed by atoms with Crippen LogP contribution in [0.15, 0.2) is 24.3 Å². The summed E-state index contributed by atoms with van der Waals surface area (Å²) in [5.41, 5.74) is 2.33. The molecule has 2 rings (SSSR count). The van der Waals surface area contributed by atoms with Gasteiger partial charge in [-0.3, -0.25) is 9.59 Å². The largest absolute Gasteiger partial charge is 0.394 e. The molecule has 21 heavy (non-hydrogen) atoms. The molecule has 2 N–H and O–H groups in total. The number of ether oxygens (including phenoxy) is 1. The van der Waals surface area contributed by atoms with Crippen LogP contribution in [0.2, 0.25) is 0 Å². The van der Waals surface area contributed by atoms with Crippen LogP contribution in [-0.4, -0.2) is 54.7 Å². The predicted octanol–water partition coefficient (Wildman–Crippen LogP) is -0.304. The predicted molar refractivity (Wildman–Crippen MR) is 76.5 cm³/mol. The molecule has 0 saturated heterocycles. The van der Waals surface area contributed by atoms with Crippen LogP contribution in [0.3, 0.4) is 0 Å². The molecule has 0 spiro atoms. The minimum atomic E-state index is -0.609. The molecule has 1 aliphatic rings. The van der Waals surface area contributed by atoms with Crippen LogP contribution < -0.4 is 5.32 Å². The number of aliphatic hydroxyl groups is 1. The van der Waals surface area contributed by atoms with Crippen LogP contribution in [0, 0.1) is 0 Å². The lowest BCUT2D eigenvalue weighted by Gasteiger charge is -2.28. The summed E-state index contributed by atoms with van der Waals surface area (Å²) in [6.45, 7) is 1.75. The number of fused-ring (bicyclic) bond motifs is 1. The van der Waals surface area contributed by atoms with E-state index in [4.69, 9.17) is 9.84 Å². The number of hydrogen-bond acceptors (Lipinski definition) is 4. The monoisotopic (exact) mass is 292 g/mol. The van der Waals surface area contributed by atoms with E-state index >= 15 is 0 Å². The first-order valence-corrected chi connectivity index (χ1v) is 7.05. The Bertz CT molecular complexity index is 504. The fraction of sp³-hybridized carbons (Fsp3) is 0.467. The number of nitrogens with zero attached hydrogens (tertiary/aromatic N) is 1. The molecule has 2 amide bonds. The highest BCUT2D eigenvalue weighted by Crippen LogP contribution is 2.18. The Kier molecular flexibility index (Phi) is 5.71. The van der Waals surface area contributed by atoms with Crippen molar-refractivity contribution < 1.29 is 19.4 Å². The Labute approximate surface area is 123 Å². The van der Waals surface area contributed by atoms with Gasteiger partial charge in [0.1, 0.15) is 0 Å². The van der Waals surface area contributed by atoms with Gasteiger partial charge in [0, 0.05) is 19.6 Å². The third-order valence-electron chi connectivity index (χ3n) is 3.38. The smallest absolute Gasteiger partial charge is 0.312 e. The lowest BCUT2D eigenvalue weighted by Crippen LogP contribution is -2.45. The number of hydrogen-bond donors (Lipinski definition) is 2. The van der Waals surface area contributed by atoms with Crippen molar-refractivity contribution in [2.45, 2.75) is 13.0 Å². The van der Waals surface area contributed by atoms with Gasteiger partial charge in [0.15, 0.2) is 0 Å². The van der Waals surface area contributed by atoms with Gasteiger partial charge >= 0.3 is 11.8 Å². The molecule has 114 valence electrons. The Morgan fingerprint density at radius 3 is 2.76 bits per heavy atom. The van der Waals surface area contributed by atoms with E-state index in [0.717, 1.165) is 12.0 Å². The van der Waals surface area contributed by atoms with Crippen LogP contribution in [0.4, 0.5) is 0 Å². The summed E-state index contributed by atoms with van der Waals surface area (Å²) in [7, 11) is 0. The van der Waals surface area contributed by atoms with Gasteiger partial charge < -0.3 is 20.1 Å². The van der Waals surface area contributed by atoms with Crippen molar-refractivity contribution in [3.05, 3.63) is 35.4 Å². The lowest BCUT2D eigenvalue weighted by atomic mass is 10.00. The molecule has 0 bridgehead atoms. The van der Waals surface area contributed by atoms with E-state index in [9.17, 15) is 9.59 Å².